The van der Waals surface area contributed by atoms with Gasteiger partial charge >= 0.3 is 0 Å². The standard InChI is InChI=1S/C26H24N2O3/c1-18-8-6-7-9-22(18)16-27-25(29)20-12-14-21(15-13-20)26-28-24(19(2)31-26)17-30-23-10-4-3-5-11-23/h3-15H,16-17H2,1-2H3,(H,27,29). The fraction of sp³-hybridized carbons (Fsp3) is 0.154. The smallest absolute Gasteiger partial charge is 0.251 e. The van der Waals surface area contributed by atoms with E-state index in [1.807, 2.05) is 80.6 Å². The number of carbonyl (C=O) groups excluding carboxylic acids is 1. The minimum absolute atomic E-state index is 0.115. The van der Waals surface area contributed by atoms with Crippen molar-refractivity contribution in [1.29, 1.82) is 0 Å². The molecule has 0 spiro atoms. The summed E-state index contributed by atoms with van der Waals surface area (Å²) < 4.78 is 11.6. The Hall–Kier alpha value is -3.86. The lowest BCUT2D eigenvalue weighted by atomic mass is 10.1. The van der Waals surface area contributed by atoms with Crippen molar-refractivity contribution in [3.8, 4) is 17.2 Å². The lowest BCUT2D eigenvalue weighted by molar-refractivity contribution is 0.0951. The number of rotatable bonds is 7. The number of carbonyl (C=O) groups is 1. The first-order chi connectivity index (χ1) is 15.1. The number of nitrogens with zero attached hydrogens (tertiary/aromatic N) is 1. The van der Waals surface area contributed by atoms with Crippen molar-refractivity contribution < 1.29 is 13.9 Å². The van der Waals surface area contributed by atoms with Gasteiger partial charge in [0.2, 0.25) is 5.89 Å². The average Bonchev–Trinajstić information content (AvgIpc) is 3.18. The van der Waals surface area contributed by atoms with Gasteiger partial charge in [0, 0.05) is 17.7 Å². The maximum Gasteiger partial charge on any atom is 0.251 e. The first-order valence-corrected chi connectivity index (χ1v) is 10.2. The van der Waals surface area contributed by atoms with Crippen LogP contribution in [-0.2, 0) is 13.2 Å². The number of oxazole rings is 1. The highest BCUT2D eigenvalue weighted by molar-refractivity contribution is 5.94. The lowest BCUT2D eigenvalue weighted by Gasteiger charge is -2.08. The van der Waals surface area contributed by atoms with Crippen LogP contribution in [0.4, 0.5) is 0 Å². The molecule has 1 aromatic heterocycles. The summed E-state index contributed by atoms with van der Waals surface area (Å²) in [6, 6.07) is 24.9. The van der Waals surface area contributed by atoms with Gasteiger partial charge in [-0.1, -0.05) is 42.5 Å². The van der Waals surface area contributed by atoms with Crippen LogP contribution < -0.4 is 10.1 Å². The molecule has 0 bridgehead atoms. The van der Waals surface area contributed by atoms with Gasteiger partial charge in [-0.2, -0.15) is 0 Å². The topological polar surface area (TPSA) is 64.4 Å². The molecule has 0 unspecified atom stereocenters. The molecule has 156 valence electrons. The van der Waals surface area contributed by atoms with Crippen molar-refractivity contribution in [3.05, 3.63) is 107 Å². The summed E-state index contributed by atoms with van der Waals surface area (Å²) in [5.74, 6) is 1.89. The second-order valence-corrected chi connectivity index (χ2v) is 7.31. The Morgan fingerprint density at radius 3 is 2.39 bits per heavy atom. The number of hydrogen-bond acceptors (Lipinski definition) is 4. The largest absolute Gasteiger partial charge is 0.487 e. The summed E-state index contributed by atoms with van der Waals surface area (Å²) in [5, 5.41) is 2.97. The SMILES string of the molecule is Cc1ccccc1CNC(=O)c1ccc(-c2nc(COc3ccccc3)c(C)o2)cc1. The Labute approximate surface area is 181 Å². The zero-order valence-electron chi connectivity index (χ0n) is 17.6. The Balaban J connectivity index is 1.39. The molecule has 0 saturated carbocycles. The molecule has 0 atom stereocenters. The van der Waals surface area contributed by atoms with Crippen LogP contribution in [0.2, 0.25) is 0 Å². The van der Waals surface area contributed by atoms with Gasteiger partial charge in [0.25, 0.3) is 5.91 Å². The van der Waals surface area contributed by atoms with Crippen LogP contribution in [0.3, 0.4) is 0 Å². The second-order valence-electron chi connectivity index (χ2n) is 7.31. The van der Waals surface area contributed by atoms with Crippen LogP contribution in [0.1, 0.15) is 32.9 Å². The monoisotopic (exact) mass is 412 g/mol. The minimum atomic E-state index is -0.115. The van der Waals surface area contributed by atoms with Crippen LogP contribution in [0.15, 0.2) is 83.3 Å². The third-order valence-electron chi connectivity index (χ3n) is 5.11. The van der Waals surface area contributed by atoms with Crippen molar-refractivity contribution in [2.45, 2.75) is 27.0 Å². The third-order valence-corrected chi connectivity index (χ3v) is 5.11. The molecule has 1 heterocycles. The zero-order chi connectivity index (χ0) is 21.6. The molecule has 5 heteroatoms. The van der Waals surface area contributed by atoms with Gasteiger partial charge < -0.3 is 14.5 Å². The first-order valence-electron chi connectivity index (χ1n) is 10.2. The van der Waals surface area contributed by atoms with Gasteiger partial charge in [0.15, 0.2) is 0 Å². The molecule has 3 aromatic carbocycles. The molecular formula is C26H24N2O3. The maximum absolute atomic E-state index is 12.5. The molecule has 4 aromatic rings. The Bertz CT molecular complexity index is 1160. The summed E-state index contributed by atoms with van der Waals surface area (Å²) in [4.78, 5) is 17.1. The van der Waals surface area contributed by atoms with Crippen LogP contribution >= 0.6 is 0 Å². The Morgan fingerprint density at radius 2 is 1.65 bits per heavy atom. The summed E-state index contributed by atoms with van der Waals surface area (Å²) >= 11 is 0. The van der Waals surface area contributed by atoms with E-state index in [1.54, 1.807) is 12.1 Å². The predicted octanol–water partition coefficient (Wildman–Crippen LogP) is 5.47. The Morgan fingerprint density at radius 1 is 0.935 bits per heavy atom. The molecule has 1 amide bonds. The number of aromatic nitrogens is 1. The first kappa shape index (κ1) is 20.4. The number of para-hydroxylation sites is 1. The molecule has 0 aliphatic carbocycles. The van der Waals surface area contributed by atoms with Gasteiger partial charge in [-0.3, -0.25) is 4.79 Å². The highest BCUT2D eigenvalue weighted by atomic mass is 16.5. The van der Waals surface area contributed by atoms with Crippen LogP contribution in [-0.4, -0.2) is 10.9 Å². The molecule has 5 nitrogen and oxygen atoms in total. The fourth-order valence-electron chi connectivity index (χ4n) is 3.20. The van der Waals surface area contributed by atoms with Gasteiger partial charge in [0.05, 0.1) is 0 Å². The molecule has 1 N–H and O–H groups in total. The van der Waals surface area contributed by atoms with Crippen molar-refractivity contribution in [3.63, 3.8) is 0 Å². The number of hydrogen-bond donors (Lipinski definition) is 1. The highest BCUT2D eigenvalue weighted by Crippen LogP contribution is 2.23. The lowest BCUT2D eigenvalue weighted by Crippen LogP contribution is -2.23. The van der Waals surface area contributed by atoms with E-state index in [1.165, 1.54) is 0 Å². The molecule has 0 aliphatic rings. The van der Waals surface area contributed by atoms with E-state index >= 15 is 0 Å². The average molecular weight is 412 g/mol. The van der Waals surface area contributed by atoms with Gasteiger partial charge in [-0.05, 0) is 61.4 Å². The number of nitrogens with one attached hydrogen (secondary N) is 1. The summed E-state index contributed by atoms with van der Waals surface area (Å²) in [5.41, 5.74) is 4.41. The van der Waals surface area contributed by atoms with Gasteiger partial charge in [-0.15, -0.1) is 0 Å². The number of aryl methyl sites for hydroxylation is 2. The molecular weight excluding hydrogens is 388 g/mol. The van der Waals surface area contributed by atoms with E-state index in [9.17, 15) is 4.79 Å². The fourth-order valence-corrected chi connectivity index (χ4v) is 3.20. The van der Waals surface area contributed by atoms with E-state index in [-0.39, 0.29) is 5.91 Å². The van der Waals surface area contributed by atoms with Crippen molar-refractivity contribution in [1.82, 2.24) is 10.3 Å². The number of benzene rings is 3. The van der Waals surface area contributed by atoms with E-state index in [2.05, 4.69) is 10.3 Å². The van der Waals surface area contributed by atoms with Crippen molar-refractivity contribution in [2.75, 3.05) is 0 Å². The molecule has 0 radical (unpaired) electrons. The molecule has 0 saturated heterocycles. The van der Waals surface area contributed by atoms with E-state index in [4.69, 9.17) is 9.15 Å². The highest BCUT2D eigenvalue weighted by Gasteiger charge is 2.13. The van der Waals surface area contributed by atoms with Gasteiger partial charge in [-0.25, -0.2) is 4.98 Å². The molecule has 0 fully saturated rings. The minimum Gasteiger partial charge on any atom is -0.487 e. The van der Waals surface area contributed by atoms with Crippen LogP contribution in [0.25, 0.3) is 11.5 Å². The summed E-state index contributed by atoms with van der Waals surface area (Å²) in [6.07, 6.45) is 0. The van der Waals surface area contributed by atoms with Crippen LogP contribution in [0, 0.1) is 13.8 Å². The summed E-state index contributed by atoms with van der Waals surface area (Å²) in [6.45, 7) is 4.73. The summed E-state index contributed by atoms with van der Waals surface area (Å²) in [7, 11) is 0. The molecule has 4 rings (SSSR count). The second kappa shape index (κ2) is 9.30. The predicted molar refractivity (Wildman–Crippen MR) is 120 cm³/mol. The zero-order valence-corrected chi connectivity index (χ0v) is 17.6. The number of amides is 1. The normalized spacial score (nSPS) is 10.6. The van der Waals surface area contributed by atoms with Crippen molar-refractivity contribution >= 4 is 5.91 Å². The number of ether oxygens (including phenoxy) is 1. The van der Waals surface area contributed by atoms with Crippen molar-refractivity contribution in [2.24, 2.45) is 0 Å². The maximum atomic E-state index is 12.5. The van der Waals surface area contributed by atoms with Gasteiger partial charge in [0.1, 0.15) is 23.8 Å². The molecule has 31 heavy (non-hydrogen) atoms. The van der Waals surface area contributed by atoms with Crippen LogP contribution in [0.5, 0.6) is 5.75 Å². The van der Waals surface area contributed by atoms with E-state index < -0.39 is 0 Å². The quantitative estimate of drug-likeness (QED) is 0.437. The Kier molecular flexibility index (Phi) is 6.13. The molecule has 0 aliphatic heterocycles. The van der Waals surface area contributed by atoms with E-state index in [0.29, 0.717) is 30.4 Å². The third kappa shape index (κ3) is 5.01. The van der Waals surface area contributed by atoms with E-state index in [0.717, 1.165) is 28.1 Å².